The summed E-state index contributed by atoms with van der Waals surface area (Å²) < 4.78 is 33.0. The molecule has 1 saturated heterocycles. The van der Waals surface area contributed by atoms with E-state index in [2.05, 4.69) is 11.9 Å². The van der Waals surface area contributed by atoms with Crippen LogP contribution in [0.2, 0.25) is 5.02 Å². The van der Waals surface area contributed by atoms with Gasteiger partial charge in [0.25, 0.3) is 10.0 Å². The van der Waals surface area contributed by atoms with Crippen LogP contribution in [0.25, 0.3) is 0 Å². The standard InChI is InChI=1S/C19H23ClN2O3S/c1-14-9-11-22(12-10-14)26(23,24)18-8-4-6-16(21-18)13-25-19-15(2)5-3-7-17(19)20/h3-8,14H,9-13H2,1-2H3. The lowest BCUT2D eigenvalue weighted by molar-refractivity contribution is 0.286. The topological polar surface area (TPSA) is 59.5 Å². The molecule has 0 N–H and O–H groups in total. The van der Waals surface area contributed by atoms with Crippen molar-refractivity contribution in [3.63, 3.8) is 0 Å². The van der Waals surface area contributed by atoms with Gasteiger partial charge in [-0.25, -0.2) is 13.4 Å². The Morgan fingerprint density at radius 2 is 1.88 bits per heavy atom. The number of rotatable bonds is 5. The summed E-state index contributed by atoms with van der Waals surface area (Å²) >= 11 is 6.16. The lowest BCUT2D eigenvalue weighted by Gasteiger charge is -2.29. The Labute approximate surface area is 160 Å². The van der Waals surface area contributed by atoms with Gasteiger partial charge in [-0.15, -0.1) is 0 Å². The molecule has 1 aliphatic rings. The molecule has 140 valence electrons. The van der Waals surface area contributed by atoms with E-state index < -0.39 is 10.0 Å². The van der Waals surface area contributed by atoms with E-state index in [-0.39, 0.29) is 11.6 Å². The summed E-state index contributed by atoms with van der Waals surface area (Å²) in [6.07, 6.45) is 1.77. The van der Waals surface area contributed by atoms with Gasteiger partial charge in [-0.1, -0.05) is 36.7 Å². The lowest BCUT2D eigenvalue weighted by atomic mass is 10.0. The van der Waals surface area contributed by atoms with Gasteiger partial charge in [0.15, 0.2) is 5.03 Å². The van der Waals surface area contributed by atoms with Crippen LogP contribution >= 0.6 is 11.6 Å². The minimum atomic E-state index is -3.57. The summed E-state index contributed by atoms with van der Waals surface area (Å²) in [5, 5.41) is 0.597. The van der Waals surface area contributed by atoms with Crippen molar-refractivity contribution < 1.29 is 13.2 Å². The van der Waals surface area contributed by atoms with E-state index in [9.17, 15) is 8.42 Å². The van der Waals surface area contributed by atoms with Crippen molar-refractivity contribution in [1.82, 2.24) is 9.29 Å². The molecule has 0 aliphatic carbocycles. The minimum Gasteiger partial charge on any atom is -0.485 e. The first kappa shape index (κ1) is 19.1. The number of benzene rings is 1. The van der Waals surface area contributed by atoms with Crippen LogP contribution in [0.4, 0.5) is 0 Å². The van der Waals surface area contributed by atoms with Crippen molar-refractivity contribution in [1.29, 1.82) is 0 Å². The Kier molecular flexibility index (Phi) is 5.85. The third kappa shape index (κ3) is 4.19. The largest absolute Gasteiger partial charge is 0.485 e. The van der Waals surface area contributed by atoms with Crippen LogP contribution in [0.15, 0.2) is 41.4 Å². The van der Waals surface area contributed by atoms with Crippen LogP contribution in [-0.4, -0.2) is 30.8 Å². The fourth-order valence-electron chi connectivity index (χ4n) is 2.98. The number of para-hydroxylation sites is 1. The number of sulfonamides is 1. The Hall–Kier alpha value is -1.63. The summed E-state index contributed by atoms with van der Waals surface area (Å²) in [7, 11) is -3.57. The number of nitrogens with zero attached hydrogens (tertiary/aromatic N) is 2. The predicted octanol–water partition coefficient (Wildman–Crippen LogP) is 4.04. The van der Waals surface area contributed by atoms with Gasteiger partial charge in [-0.05, 0) is 49.4 Å². The molecule has 2 heterocycles. The van der Waals surface area contributed by atoms with Crippen molar-refractivity contribution in [3.05, 3.63) is 52.7 Å². The molecule has 1 aromatic heterocycles. The Balaban J connectivity index is 1.76. The molecule has 0 spiro atoms. The van der Waals surface area contributed by atoms with Crippen molar-refractivity contribution in [2.24, 2.45) is 5.92 Å². The number of pyridine rings is 1. The van der Waals surface area contributed by atoms with Crippen molar-refractivity contribution in [2.45, 2.75) is 38.3 Å². The smallest absolute Gasteiger partial charge is 0.260 e. The lowest BCUT2D eigenvalue weighted by Crippen LogP contribution is -2.38. The van der Waals surface area contributed by atoms with Crippen molar-refractivity contribution in [2.75, 3.05) is 13.1 Å². The molecule has 0 amide bonds. The molecule has 0 atom stereocenters. The molecule has 26 heavy (non-hydrogen) atoms. The zero-order valence-corrected chi connectivity index (χ0v) is 16.6. The molecule has 7 heteroatoms. The van der Waals surface area contributed by atoms with Gasteiger partial charge in [0.1, 0.15) is 12.4 Å². The summed E-state index contributed by atoms with van der Waals surface area (Å²) in [6.45, 7) is 5.31. The van der Waals surface area contributed by atoms with Gasteiger partial charge in [-0.3, -0.25) is 0 Å². The zero-order chi connectivity index (χ0) is 18.7. The molecular formula is C19H23ClN2O3S. The van der Waals surface area contributed by atoms with Gasteiger partial charge in [0.2, 0.25) is 0 Å². The number of aryl methyl sites for hydroxylation is 1. The van der Waals surface area contributed by atoms with Crippen LogP contribution in [0, 0.1) is 12.8 Å². The number of piperidine rings is 1. The van der Waals surface area contributed by atoms with Gasteiger partial charge < -0.3 is 4.74 Å². The van der Waals surface area contributed by atoms with E-state index >= 15 is 0 Å². The zero-order valence-electron chi connectivity index (χ0n) is 15.0. The second-order valence-corrected chi connectivity index (χ2v) is 9.02. The summed E-state index contributed by atoms with van der Waals surface area (Å²) in [5.74, 6) is 1.15. The van der Waals surface area contributed by atoms with Gasteiger partial charge in [0, 0.05) is 13.1 Å². The maximum absolute atomic E-state index is 12.8. The number of aromatic nitrogens is 1. The van der Waals surface area contributed by atoms with Crippen LogP contribution in [0.3, 0.4) is 0 Å². The average molecular weight is 395 g/mol. The van der Waals surface area contributed by atoms with E-state index in [1.54, 1.807) is 18.2 Å². The van der Waals surface area contributed by atoms with Gasteiger partial charge in [0.05, 0.1) is 10.7 Å². The maximum atomic E-state index is 12.8. The van der Waals surface area contributed by atoms with Crippen LogP contribution < -0.4 is 4.74 Å². The van der Waals surface area contributed by atoms with Crippen molar-refractivity contribution >= 4 is 21.6 Å². The number of hydrogen-bond donors (Lipinski definition) is 0. The predicted molar refractivity (Wildman–Crippen MR) is 102 cm³/mol. The SMILES string of the molecule is Cc1cccc(Cl)c1OCc1cccc(S(=O)(=O)N2CCC(C)CC2)n1. The molecule has 0 radical (unpaired) electrons. The Bertz CT molecular complexity index is 858. The molecule has 5 nitrogen and oxygen atoms in total. The first-order valence-corrected chi connectivity index (χ1v) is 10.5. The highest BCUT2D eigenvalue weighted by Gasteiger charge is 2.29. The van der Waals surface area contributed by atoms with E-state index in [1.807, 2.05) is 19.1 Å². The number of ether oxygens (including phenoxy) is 1. The first-order chi connectivity index (χ1) is 12.4. The molecule has 0 unspecified atom stereocenters. The van der Waals surface area contributed by atoms with Crippen LogP contribution in [0.5, 0.6) is 5.75 Å². The number of hydrogen-bond acceptors (Lipinski definition) is 4. The molecule has 2 aromatic rings. The second-order valence-electron chi connectivity index (χ2n) is 6.73. The van der Waals surface area contributed by atoms with Crippen molar-refractivity contribution in [3.8, 4) is 5.75 Å². The quantitative estimate of drug-likeness (QED) is 0.767. The van der Waals surface area contributed by atoms with Gasteiger partial charge in [-0.2, -0.15) is 4.31 Å². The fourth-order valence-corrected chi connectivity index (χ4v) is 4.70. The highest BCUT2D eigenvalue weighted by Crippen LogP contribution is 2.29. The second kappa shape index (κ2) is 7.94. The molecule has 0 bridgehead atoms. The van der Waals surface area contributed by atoms with E-state index in [4.69, 9.17) is 16.3 Å². The molecular weight excluding hydrogens is 372 g/mol. The molecule has 0 saturated carbocycles. The molecule has 1 fully saturated rings. The highest BCUT2D eigenvalue weighted by atomic mass is 35.5. The molecule has 1 aliphatic heterocycles. The number of halogens is 1. The Morgan fingerprint density at radius 3 is 2.58 bits per heavy atom. The van der Waals surface area contributed by atoms with E-state index in [0.717, 1.165) is 18.4 Å². The van der Waals surface area contributed by atoms with Gasteiger partial charge >= 0.3 is 0 Å². The average Bonchev–Trinajstić information content (AvgIpc) is 2.62. The summed E-state index contributed by atoms with van der Waals surface area (Å²) in [4.78, 5) is 4.32. The summed E-state index contributed by atoms with van der Waals surface area (Å²) in [5.41, 5.74) is 1.47. The van der Waals surface area contributed by atoms with E-state index in [0.29, 0.717) is 35.5 Å². The normalized spacial score (nSPS) is 16.6. The molecule has 1 aromatic carbocycles. The highest BCUT2D eigenvalue weighted by molar-refractivity contribution is 7.89. The maximum Gasteiger partial charge on any atom is 0.260 e. The summed E-state index contributed by atoms with van der Waals surface area (Å²) in [6, 6.07) is 10.5. The minimum absolute atomic E-state index is 0.0732. The van der Waals surface area contributed by atoms with E-state index in [1.165, 1.54) is 10.4 Å². The van der Waals surface area contributed by atoms with Crippen LogP contribution in [-0.2, 0) is 16.6 Å². The molecule has 3 rings (SSSR count). The fraction of sp³-hybridized carbons (Fsp3) is 0.421. The third-order valence-corrected chi connectivity index (χ3v) is 6.75. The monoisotopic (exact) mass is 394 g/mol. The van der Waals surface area contributed by atoms with Crippen LogP contribution in [0.1, 0.15) is 31.0 Å². The third-order valence-electron chi connectivity index (χ3n) is 4.66. The Morgan fingerprint density at radius 1 is 1.19 bits per heavy atom. The first-order valence-electron chi connectivity index (χ1n) is 8.72.